The number of nitrogens with two attached hydrogens (primary N) is 2. The lowest BCUT2D eigenvalue weighted by Gasteiger charge is -2.37. The van der Waals surface area contributed by atoms with Gasteiger partial charge in [-0.05, 0) is 68.5 Å². The Balaban J connectivity index is 0.00000676. The molecule has 1 aliphatic rings. The van der Waals surface area contributed by atoms with Crippen molar-refractivity contribution in [1.29, 1.82) is 0 Å². The van der Waals surface area contributed by atoms with Crippen LogP contribution in [0.3, 0.4) is 0 Å². The molecule has 0 radical (unpaired) electrons. The van der Waals surface area contributed by atoms with Gasteiger partial charge in [-0.15, -0.1) is 24.8 Å². The molecule has 1 aliphatic heterocycles. The molecule has 8 N–H and O–H groups in total. The lowest BCUT2D eigenvalue weighted by atomic mass is 9.99. The molecule has 3 rings (SSSR count). The minimum Gasteiger partial charge on any atom is -0.465 e. The van der Waals surface area contributed by atoms with E-state index in [-0.39, 0.29) is 55.5 Å². The first-order chi connectivity index (χ1) is 23.9. The summed E-state index contributed by atoms with van der Waals surface area (Å²) in [5.74, 6) is -1.75. The Labute approximate surface area is 319 Å². The second-order valence-electron chi connectivity index (χ2n) is 13.5. The van der Waals surface area contributed by atoms with E-state index in [2.05, 4.69) is 16.0 Å². The van der Waals surface area contributed by atoms with Gasteiger partial charge < -0.3 is 42.3 Å². The van der Waals surface area contributed by atoms with Crippen molar-refractivity contribution in [3.63, 3.8) is 0 Å². The van der Waals surface area contributed by atoms with Crippen molar-refractivity contribution in [1.82, 2.24) is 25.8 Å². The Morgan fingerprint density at radius 2 is 1.29 bits per heavy atom. The highest BCUT2D eigenvalue weighted by Crippen LogP contribution is 2.18. The smallest absolute Gasteiger partial charge is 0.407 e. The number of benzene rings is 2. The summed E-state index contributed by atoms with van der Waals surface area (Å²) < 4.78 is 0. The van der Waals surface area contributed by atoms with Gasteiger partial charge in [-0.2, -0.15) is 0 Å². The quantitative estimate of drug-likeness (QED) is 0.124. The van der Waals surface area contributed by atoms with E-state index in [4.69, 9.17) is 11.5 Å². The minimum atomic E-state index is -1.01. The van der Waals surface area contributed by atoms with Gasteiger partial charge in [0.15, 0.2) is 0 Å². The number of nitrogens with one attached hydrogen (secondary N) is 3. The Morgan fingerprint density at radius 3 is 1.81 bits per heavy atom. The zero-order chi connectivity index (χ0) is 36.6. The van der Waals surface area contributed by atoms with Crippen LogP contribution >= 0.6 is 24.8 Å². The number of piperidine rings is 1. The first-order valence-corrected chi connectivity index (χ1v) is 17.6. The van der Waals surface area contributed by atoms with Crippen LogP contribution in [0.5, 0.6) is 0 Å². The predicted molar refractivity (Wildman–Crippen MR) is 206 cm³/mol. The van der Waals surface area contributed by atoms with Crippen LogP contribution < -0.4 is 27.4 Å². The van der Waals surface area contributed by atoms with Gasteiger partial charge in [-0.3, -0.25) is 19.2 Å². The average Bonchev–Trinajstić information content (AvgIpc) is 3.10. The number of carboxylic acid groups (broad SMARTS) is 1. The van der Waals surface area contributed by atoms with E-state index in [9.17, 15) is 29.1 Å². The van der Waals surface area contributed by atoms with E-state index in [1.54, 1.807) is 4.90 Å². The van der Waals surface area contributed by atoms with Crippen LogP contribution in [0.4, 0.5) is 4.79 Å². The zero-order valence-electron chi connectivity index (χ0n) is 30.4. The van der Waals surface area contributed by atoms with Crippen molar-refractivity contribution in [2.24, 2.45) is 17.4 Å². The lowest BCUT2D eigenvalue weighted by molar-refractivity contribution is -0.139. The fourth-order valence-corrected chi connectivity index (χ4v) is 6.15. The molecule has 4 atom stereocenters. The molecule has 52 heavy (non-hydrogen) atoms. The highest BCUT2D eigenvalue weighted by Gasteiger charge is 2.34. The Hall–Kier alpha value is -3.91. The molecule has 2 aromatic rings. The lowest BCUT2D eigenvalue weighted by Crippen LogP contribution is -2.59. The molecule has 2 aromatic carbocycles. The molecule has 15 heteroatoms. The van der Waals surface area contributed by atoms with Crippen LogP contribution in [-0.4, -0.2) is 102 Å². The third-order valence-electron chi connectivity index (χ3n) is 9.08. The molecule has 0 bridgehead atoms. The highest BCUT2D eigenvalue weighted by atomic mass is 35.5. The fourth-order valence-electron chi connectivity index (χ4n) is 6.15. The summed E-state index contributed by atoms with van der Waals surface area (Å²) in [6.45, 7) is 5.03. The number of unbranched alkanes of at least 4 members (excludes halogenated alkanes) is 1. The summed E-state index contributed by atoms with van der Waals surface area (Å²) >= 11 is 0. The van der Waals surface area contributed by atoms with Gasteiger partial charge in [0.25, 0.3) is 0 Å². The van der Waals surface area contributed by atoms with Crippen LogP contribution in [-0.2, 0) is 32.0 Å². The van der Waals surface area contributed by atoms with Gasteiger partial charge in [0.1, 0.15) is 18.1 Å². The molecule has 0 aromatic heterocycles. The number of amides is 5. The maximum Gasteiger partial charge on any atom is 0.407 e. The maximum absolute atomic E-state index is 13.9. The molecule has 0 unspecified atom stereocenters. The molecule has 290 valence electrons. The topological polar surface area (TPSA) is 200 Å². The van der Waals surface area contributed by atoms with Gasteiger partial charge in [0, 0.05) is 32.6 Å². The van der Waals surface area contributed by atoms with E-state index in [1.165, 1.54) is 11.9 Å². The molecule has 0 saturated carbocycles. The summed E-state index contributed by atoms with van der Waals surface area (Å²) in [5.41, 5.74) is 13.7. The van der Waals surface area contributed by atoms with Crippen molar-refractivity contribution >= 4 is 54.5 Å². The van der Waals surface area contributed by atoms with Gasteiger partial charge in [0.2, 0.25) is 23.6 Å². The van der Waals surface area contributed by atoms with Crippen molar-refractivity contribution in [2.45, 2.75) is 95.4 Å². The summed E-state index contributed by atoms with van der Waals surface area (Å²) in [7, 11) is 1.53. The van der Waals surface area contributed by atoms with Crippen molar-refractivity contribution in [3.8, 4) is 0 Å². The monoisotopic (exact) mass is 765 g/mol. The first-order valence-electron chi connectivity index (χ1n) is 17.6. The van der Waals surface area contributed by atoms with Gasteiger partial charge in [-0.1, -0.05) is 74.5 Å². The Kier molecular flexibility index (Phi) is 20.9. The standard InChI is InChI=1S/C37H55N7O6.2ClH/c1-25(2)22-31(34(46)40-30(16-10-11-19-38)36(48)44-20-17-28(18-21-44)43(3)37(49)50)42-35(47)32(24-27-14-8-5-9-15-27)41-33(45)29(39)23-26-12-6-4-7-13-26;;/h4-9,12-15,25,28-32H,10-11,16-24,38-39H2,1-3H3,(H,40,46)(H,41,45)(H,42,47)(H,49,50);2*1H/t29-,30-,31-,32-;;/m1../s1. The SMILES string of the molecule is CC(C)C[C@@H](NC(=O)[C@@H](Cc1ccccc1)NC(=O)[C@H](N)Cc1ccccc1)C(=O)N[C@H](CCCCN)C(=O)N1CCC(N(C)C(=O)O)CC1.Cl.Cl. The molecule has 1 saturated heterocycles. The molecule has 13 nitrogen and oxygen atoms in total. The Bertz CT molecular complexity index is 1400. The van der Waals surface area contributed by atoms with Crippen LogP contribution in [0.25, 0.3) is 0 Å². The van der Waals surface area contributed by atoms with Crippen LogP contribution in [0.2, 0.25) is 0 Å². The second kappa shape index (κ2) is 23.6. The first kappa shape index (κ1) is 46.1. The zero-order valence-corrected chi connectivity index (χ0v) is 32.0. The van der Waals surface area contributed by atoms with Crippen molar-refractivity contribution in [2.75, 3.05) is 26.7 Å². The number of hydrogen-bond acceptors (Lipinski definition) is 7. The number of rotatable bonds is 18. The molecule has 1 fully saturated rings. The third-order valence-corrected chi connectivity index (χ3v) is 9.08. The second-order valence-corrected chi connectivity index (χ2v) is 13.5. The van der Waals surface area contributed by atoms with Crippen LogP contribution in [0, 0.1) is 5.92 Å². The van der Waals surface area contributed by atoms with Crippen molar-refractivity contribution < 1.29 is 29.1 Å². The number of halogens is 2. The number of carbonyl (C=O) groups excluding carboxylic acids is 4. The van der Waals surface area contributed by atoms with Crippen molar-refractivity contribution in [3.05, 3.63) is 71.8 Å². The summed E-state index contributed by atoms with van der Waals surface area (Å²) in [6.07, 6.45) is 2.39. The molecule has 0 aliphatic carbocycles. The van der Waals surface area contributed by atoms with Gasteiger partial charge in [0.05, 0.1) is 6.04 Å². The van der Waals surface area contributed by atoms with E-state index >= 15 is 0 Å². The van der Waals surface area contributed by atoms with E-state index in [0.717, 1.165) is 11.1 Å². The summed E-state index contributed by atoms with van der Waals surface area (Å²) in [4.78, 5) is 69.1. The molecule has 0 spiro atoms. The highest BCUT2D eigenvalue weighted by molar-refractivity contribution is 5.95. The average molecular weight is 767 g/mol. The number of hydrogen-bond donors (Lipinski definition) is 6. The predicted octanol–water partition coefficient (Wildman–Crippen LogP) is 2.87. The number of carbonyl (C=O) groups is 5. The molecular formula is C37H57Cl2N7O6. The van der Waals surface area contributed by atoms with E-state index < -0.39 is 48.0 Å². The van der Waals surface area contributed by atoms with Gasteiger partial charge >= 0.3 is 6.09 Å². The molecule has 1 heterocycles. The summed E-state index contributed by atoms with van der Waals surface area (Å²) in [6, 6.07) is 14.7. The normalized spacial score (nSPS) is 15.2. The van der Waals surface area contributed by atoms with E-state index in [1.807, 2.05) is 74.5 Å². The Morgan fingerprint density at radius 1 is 0.788 bits per heavy atom. The maximum atomic E-state index is 13.9. The van der Waals surface area contributed by atoms with Crippen LogP contribution in [0.1, 0.15) is 63.5 Å². The molecular weight excluding hydrogens is 709 g/mol. The number of likely N-dealkylation sites (tertiary alicyclic amines) is 1. The minimum absolute atomic E-state index is 0. The van der Waals surface area contributed by atoms with E-state index in [0.29, 0.717) is 58.2 Å². The largest absolute Gasteiger partial charge is 0.465 e. The third kappa shape index (κ3) is 15.0. The summed E-state index contributed by atoms with van der Waals surface area (Å²) in [5, 5.41) is 18.0. The molecule has 5 amide bonds. The number of nitrogens with zero attached hydrogens (tertiary/aromatic N) is 2. The fraction of sp³-hybridized carbons (Fsp3) is 0.541. The van der Waals surface area contributed by atoms with Crippen LogP contribution in [0.15, 0.2) is 60.7 Å². The van der Waals surface area contributed by atoms with Gasteiger partial charge in [-0.25, -0.2) is 4.79 Å².